The molecule has 4 nitrogen and oxygen atoms in total. The lowest BCUT2D eigenvalue weighted by molar-refractivity contribution is 0.00646. The van der Waals surface area contributed by atoms with Crippen molar-refractivity contribution in [2.45, 2.75) is 24.6 Å². The van der Waals surface area contributed by atoms with Gasteiger partial charge < -0.3 is 22.1 Å². The van der Waals surface area contributed by atoms with Gasteiger partial charge in [-0.1, -0.05) is 4.57 Å². The summed E-state index contributed by atoms with van der Waals surface area (Å²) in [7, 11) is 3.35. The Morgan fingerprint density at radius 2 is 2.50 bits per heavy atom. The van der Waals surface area contributed by atoms with Crippen LogP contribution in [-0.2, 0) is 26.1 Å². The van der Waals surface area contributed by atoms with Crippen LogP contribution in [0.1, 0.15) is 6.42 Å². The second-order valence-electron chi connectivity index (χ2n) is 2.50. The Morgan fingerprint density at radius 3 is 3.00 bits per heavy atom. The van der Waals surface area contributed by atoms with Crippen molar-refractivity contribution >= 4 is 27.3 Å². The maximum atomic E-state index is 10.5. The van der Waals surface area contributed by atoms with Gasteiger partial charge in [0.05, 0.1) is 6.61 Å². The minimum atomic E-state index is -2.08. The van der Waals surface area contributed by atoms with Crippen molar-refractivity contribution in [2.75, 3.05) is 6.61 Å². The molecule has 0 spiro atoms. The van der Waals surface area contributed by atoms with Crippen LogP contribution in [0.5, 0.6) is 0 Å². The first-order chi connectivity index (χ1) is 5.63. The highest BCUT2D eigenvalue weighted by molar-refractivity contribution is 8.25. The Kier molecular flexibility index (Phi) is 4.00. The van der Waals surface area contributed by atoms with Gasteiger partial charge in [0.15, 0.2) is 0 Å². The third-order valence-corrected chi connectivity index (χ3v) is 2.33. The first-order valence-electron chi connectivity index (χ1n) is 3.46. The molecule has 4 unspecified atom stereocenters. The molecule has 0 amide bonds. The van der Waals surface area contributed by atoms with Crippen molar-refractivity contribution in [3.8, 4) is 0 Å². The molecule has 66 valence electrons. The molecular weight excluding hydrogens is 198 g/mol. The topological polar surface area (TPSA) is 55.8 Å². The number of aliphatic hydroxyl groups excluding tert-OH is 1. The van der Waals surface area contributed by atoms with Gasteiger partial charge in [-0.05, 0) is 6.42 Å². The fourth-order valence-electron chi connectivity index (χ4n) is 1.13. The van der Waals surface area contributed by atoms with Crippen LogP contribution in [0.2, 0.25) is 0 Å². The molecule has 1 saturated heterocycles. The highest BCUT2D eigenvalue weighted by atomic mass is 32.7. The van der Waals surface area contributed by atoms with Crippen LogP contribution in [-0.4, -0.2) is 37.8 Å². The maximum Gasteiger partial charge on any atom is 0.372 e. The summed E-state index contributed by atoms with van der Waals surface area (Å²) in [6.07, 6.45) is -0.517. The lowest BCUT2D eigenvalue weighted by Crippen LogP contribution is -2.25. The van der Waals surface area contributed by atoms with Gasteiger partial charge in [0.25, 0.3) is 0 Å². The number of hydrogen-bond acceptors (Lipinski definition) is 5. The molecule has 12 heavy (non-hydrogen) atoms. The molecule has 1 N–H and O–H groups in total. The third kappa shape index (κ3) is 2.71. The van der Waals surface area contributed by atoms with Gasteiger partial charge in [-0.3, -0.25) is 0 Å². The van der Waals surface area contributed by atoms with Crippen molar-refractivity contribution in [1.29, 1.82) is 0 Å². The van der Waals surface area contributed by atoms with E-state index in [1.807, 2.05) is 0 Å². The van der Waals surface area contributed by atoms with E-state index in [9.17, 15) is 4.57 Å². The Hall–Kier alpha value is 0.395. The lowest BCUT2D eigenvalue weighted by Gasteiger charge is -2.10. The first-order valence-corrected chi connectivity index (χ1v) is 5.65. The average molecular weight is 206 g/mol. The molecular formula is C5H8BO4PS. The van der Waals surface area contributed by atoms with Gasteiger partial charge in [-0.2, -0.15) is 4.52 Å². The van der Waals surface area contributed by atoms with Crippen LogP contribution in [0.4, 0.5) is 0 Å². The minimum Gasteiger partial charge on any atom is -0.408 e. The fraction of sp³-hybridized carbons (Fsp3) is 1.00. The van der Waals surface area contributed by atoms with Crippen LogP contribution in [0, 0.1) is 0 Å². The second-order valence-corrected chi connectivity index (χ2v) is 4.05. The SMILES string of the molecule is [B]C1CC(O[P+](=O)[S-])C(CO)O1. The van der Waals surface area contributed by atoms with E-state index in [4.69, 9.17) is 22.2 Å². The summed E-state index contributed by atoms with van der Waals surface area (Å²) in [5.41, 5.74) is 0. The molecule has 0 aromatic heterocycles. The second kappa shape index (κ2) is 4.58. The summed E-state index contributed by atoms with van der Waals surface area (Å²) in [6, 6.07) is -0.461. The molecule has 0 aromatic carbocycles. The predicted molar refractivity (Wildman–Crippen MR) is 46.0 cm³/mol. The van der Waals surface area contributed by atoms with E-state index >= 15 is 0 Å². The smallest absolute Gasteiger partial charge is 0.372 e. The molecule has 1 fully saturated rings. The summed E-state index contributed by atoms with van der Waals surface area (Å²) in [4.78, 5) is 0. The van der Waals surface area contributed by atoms with E-state index in [2.05, 4.69) is 12.2 Å². The number of rotatable bonds is 3. The van der Waals surface area contributed by atoms with E-state index in [-0.39, 0.29) is 6.61 Å². The summed E-state index contributed by atoms with van der Waals surface area (Å²) in [5.74, 6) is 0. The molecule has 0 aromatic rings. The first kappa shape index (κ1) is 10.5. The van der Waals surface area contributed by atoms with E-state index in [1.54, 1.807) is 0 Å². The summed E-state index contributed by atoms with van der Waals surface area (Å²) >= 11 is 4.36. The van der Waals surface area contributed by atoms with Crippen molar-refractivity contribution in [1.82, 2.24) is 0 Å². The molecule has 2 radical (unpaired) electrons. The Morgan fingerprint density at radius 1 is 1.83 bits per heavy atom. The van der Waals surface area contributed by atoms with Crippen molar-refractivity contribution < 1.29 is 18.9 Å². The lowest BCUT2D eigenvalue weighted by atomic mass is 9.96. The zero-order valence-electron chi connectivity index (χ0n) is 6.25. The molecule has 1 rings (SSSR count). The molecule has 1 aliphatic rings. The van der Waals surface area contributed by atoms with Gasteiger partial charge in [0, 0.05) is 6.00 Å². The van der Waals surface area contributed by atoms with Crippen molar-refractivity contribution in [2.24, 2.45) is 0 Å². The summed E-state index contributed by atoms with van der Waals surface area (Å²) in [6.45, 7) is -0.198. The molecule has 7 heteroatoms. The number of hydrogen-bond donors (Lipinski definition) is 1. The average Bonchev–Trinajstić information content (AvgIpc) is 2.29. The summed E-state index contributed by atoms with van der Waals surface area (Å²) < 4.78 is 20.4. The molecule has 4 atom stereocenters. The van der Waals surface area contributed by atoms with E-state index in [0.29, 0.717) is 6.42 Å². The third-order valence-electron chi connectivity index (χ3n) is 1.63. The molecule has 1 heterocycles. The van der Waals surface area contributed by atoms with Crippen LogP contribution < -0.4 is 0 Å². The van der Waals surface area contributed by atoms with Crippen molar-refractivity contribution in [3.63, 3.8) is 0 Å². The summed E-state index contributed by atoms with van der Waals surface area (Å²) in [5, 5.41) is 8.78. The number of ether oxygens (including phenoxy) is 1. The Labute approximate surface area is 78.1 Å². The monoisotopic (exact) mass is 206 g/mol. The van der Waals surface area contributed by atoms with Crippen molar-refractivity contribution in [3.05, 3.63) is 0 Å². The molecule has 1 aliphatic heterocycles. The van der Waals surface area contributed by atoms with Gasteiger partial charge in [-0.25, -0.2) is 0 Å². The largest absolute Gasteiger partial charge is 0.408 e. The zero-order chi connectivity index (χ0) is 9.14. The van der Waals surface area contributed by atoms with E-state index in [0.717, 1.165) is 0 Å². The van der Waals surface area contributed by atoms with Crippen LogP contribution >= 0.6 is 7.23 Å². The van der Waals surface area contributed by atoms with Gasteiger partial charge in [0.1, 0.15) is 20.1 Å². The van der Waals surface area contributed by atoms with Gasteiger partial charge >= 0.3 is 7.23 Å². The quantitative estimate of drug-likeness (QED) is 0.395. The fourth-order valence-corrected chi connectivity index (χ4v) is 1.91. The van der Waals surface area contributed by atoms with E-state index in [1.165, 1.54) is 0 Å². The van der Waals surface area contributed by atoms with Gasteiger partial charge in [-0.15, -0.1) is 0 Å². The standard InChI is InChI=1S/C5H8BO4PS/c6-5-1-3(10-11(8)12)4(2-7)9-5/h3-5,7H,1-2H2. The minimum absolute atomic E-state index is 0.198. The number of aliphatic hydroxyl groups is 1. The van der Waals surface area contributed by atoms with Crippen LogP contribution in [0.3, 0.4) is 0 Å². The van der Waals surface area contributed by atoms with Crippen LogP contribution in [0.25, 0.3) is 0 Å². The Balaban J connectivity index is 2.46. The normalized spacial score (nSPS) is 36.8. The molecule has 0 bridgehead atoms. The highest BCUT2D eigenvalue weighted by Crippen LogP contribution is 2.30. The maximum absolute atomic E-state index is 10.5. The Bertz CT molecular complexity index is 181. The van der Waals surface area contributed by atoms with Crippen LogP contribution in [0.15, 0.2) is 0 Å². The molecule has 0 saturated carbocycles. The highest BCUT2D eigenvalue weighted by Gasteiger charge is 2.36. The predicted octanol–water partition coefficient (Wildman–Crippen LogP) is -0.148. The molecule has 0 aliphatic carbocycles. The van der Waals surface area contributed by atoms with E-state index < -0.39 is 25.4 Å². The van der Waals surface area contributed by atoms with Gasteiger partial charge in [0.2, 0.25) is 0 Å². The zero-order valence-corrected chi connectivity index (χ0v) is 7.96.